The molecule has 428 valence electrons. The van der Waals surface area contributed by atoms with E-state index in [9.17, 15) is 28.4 Å². The molecule has 12 heteroatoms. The highest BCUT2D eigenvalue weighted by Crippen LogP contribution is 2.76. The molecule has 11 nitrogen and oxygen atoms in total. The third kappa shape index (κ3) is 12.0. The number of unbranched alkanes of at least 4 members (excludes halogenated alkanes) is 8. The molecule has 0 radical (unpaired) electrons. The molecule has 8 rings (SSSR count). The molecule has 0 saturated heterocycles. The van der Waals surface area contributed by atoms with Crippen LogP contribution in [0.5, 0.6) is 5.88 Å². The zero-order chi connectivity index (χ0) is 55.5. The molecule has 1 heterocycles. The van der Waals surface area contributed by atoms with Crippen LogP contribution in [0.25, 0.3) is 0 Å². The van der Waals surface area contributed by atoms with Gasteiger partial charge in [-0.3, -0.25) is 9.59 Å². The number of nitrogens with zero attached hydrogens (tertiary/aromatic N) is 2. The molecule has 5 saturated carbocycles. The molecule has 0 bridgehead atoms. The van der Waals surface area contributed by atoms with Crippen LogP contribution in [0, 0.1) is 68.0 Å². The normalized spacial score (nSPS) is 36.4. The summed E-state index contributed by atoms with van der Waals surface area (Å²) in [5, 5.41) is 25.4. The first kappa shape index (κ1) is 59.6. The Morgan fingerprint density at radius 1 is 0.844 bits per heavy atom. The average molecular weight is 1080 g/mol. The van der Waals surface area contributed by atoms with Gasteiger partial charge < -0.3 is 24.6 Å². The Bertz CT molecular complexity index is 2510. The quantitative estimate of drug-likeness (QED) is 0.0464. The van der Waals surface area contributed by atoms with Crippen molar-refractivity contribution >= 4 is 21.8 Å². The molecule has 1 aromatic heterocycles. The summed E-state index contributed by atoms with van der Waals surface area (Å²) in [5.74, 6) is 1.99. The predicted octanol–water partition coefficient (Wildman–Crippen LogP) is 14.0. The number of nitriles is 1. The van der Waals surface area contributed by atoms with Gasteiger partial charge in [-0.15, -0.1) is 0 Å². The summed E-state index contributed by atoms with van der Waals surface area (Å²) in [4.78, 5) is 31.3. The van der Waals surface area contributed by atoms with E-state index in [2.05, 4.69) is 83.6 Å². The van der Waals surface area contributed by atoms with Gasteiger partial charge in [0.1, 0.15) is 33.5 Å². The lowest BCUT2D eigenvalue weighted by atomic mass is 9.33. The van der Waals surface area contributed by atoms with Crippen molar-refractivity contribution in [1.82, 2.24) is 10.3 Å². The van der Waals surface area contributed by atoms with E-state index in [0.29, 0.717) is 92.9 Å². The van der Waals surface area contributed by atoms with Gasteiger partial charge in [-0.2, -0.15) is 5.26 Å². The lowest BCUT2D eigenvalue weighted by Crippen LogP contribution is -2.68. The Hall–Kier alpha value is -3.53. The molecular weight excluding hydrogens is 983 g/mol. The van der Waals surface area contributed by atoms with Gasteiger partial charge in [0.15, 0.2) is 0 Å². The van der Waals surface area contributed by atoms with Crippen molar-refractivity contribution in [2.45, 2.75) is 238 Å². The van der Waals surface area contributed by atoms with Crippen molar-refractivity contribution < 1.29 is 37.3 Å². The monoisotopic (exact) mass is 1080 g/mol. The van der Waals surface area contributed by atoms with E-state index < -0.39 is 33.6 Å². The summed E-state index contributed by atoms with van der Waals surface area (Å²) in [6, 6.07) is 5.51. The van der Waals surface area contributed by atoms with Crippen LogP contribution in [0.3, 0.4) is 0 Å². The molecule has 0 aliphatic heterocycles. The van der Waals surface area contributed by atoms with E-state index in [1.165, 1.54) is 93.6 Å². The van der Waals surface area contributed by atoms with Crippen LogP contribution in [0.2, 0.25) is 0 Å². The first-order valence-corrected chi connectivity index (χ1v) is 32.5. The van der Waals surface area contributed by atoms with Crippen LogP contribution in [0.15, 0.2) is 53.8 Å². The Morgan fingerprint density at radius 3 is 2.22 bits per heavy atom. The summed E-state index contributed by atoms with van der Waals surface area (Å²) in [5.41, 5.74) is 2.86. The smallest absolute Gasteiger partial charge is 0.318 e. The number of hydrogen-bond donors (Lipinski definition) is 2. The number of hydrogen-bond acceptors (Lipinski definition) is 11. The van der Waals surface area contributed by atoms with E-state index in [-0.39, 0.29) is 50.9 Å². The first-order valence-electron chi connectivity index (χ1n) is 30.5. The number of pyridine rings is 1. The molecule has 7 aliphatic rings. The number of fused-ring (bicyclic) bond motifs is 7. The van der Waals surface area contributed by atoms with E-state index >= 15 is 0 Å². The van der Waals surface area contributed by atoms with E-state index in [0.717, 1.165) is 51.5 Å². The van der Waals surface area contributed by atoms with Crippen molar-refractivity contribution in [3.8, 4) is 11.9 Å². The fourth-order valence-electron chi connectivity index (χ4n) is 18.2. The van der Waals surface area contributed by atoms with E-state index in [1.807, 2.05) is 0 Å². The molecule has 7 aliphatic carbocycles. The maximum atomic E-state index is 14.3. The topological polar surface area (TPSA) is 165 Å². The summed E-state index contributed by atoms with van der Waals surface area (Å²) in [7, 11) is -3.10. The molecule has 0 spiro atoms. The minimum atomic E-state index is -3.10. The zero-order valence-corrected chi connectivity index (χ0v) is 49.7. The lowest BCUT2D eigenvalue weighted by molar-refractivity contribution is -0.221. The second-order valence-electron chi connectivity index (χ2n) is 27.4. The largest absolute Gasteiger partial charge is 0.475 e. The van der Waals surface area contributed by atoms with Crippen molar-refractivity contribution in [3.63, 3.8) is 0 Å². The van der Waals surface area contributed by atoms with Crippen molar-refractivity contribution in [2.24, 2.45) is 56.7 Å². The van der Waals surface area contributed by atoms with Crippen LogP contribution in [0.4, 0.5) is 0 Å². The van der Waals surface area contributed by atoms with Crippen molar-refractivity contribution in [1.29, 1.82) is 5.26 Å². The Labute approximate surface area is 464 Å². The highest BCUT2D eigenvalue weighted by Gasteiger charge is 2.70. The fraction of sp³-hybridized carbons (Fsp3) is 0.785. The van der Waals surface area contributed by atoms with Crippen LogP contribution in [-0.2, 0) is 28.9 Å². The lowest BCUT2D eigenvalue weighted by Gasteiger charge is -2.72. The van der Waals surface area contributed by atoms with Gasteiger partial charge >= 0.3 is 11.9 Å². The summed E-state index contributed by atoms with van der Waals surface area (Å²) in [6.45, 7) is 22.4. The number of esters is 2. The Morgan fingerprint density at radius 2 is 1.56 bits per heavy atom. The molecule has 5 fully saturated rings. The first-order chi connectivity index (χ1) is 36.5. The molecule has 2 N–H and O–H groups in total. The number of nitrogens with one attached hydrogen (secondary N) is 1. The number of allylic oxidation sites excluding steroid dienone is 5. The standard InChI is InChI=1S/C65H99N3O8S/c1-10-11-12-13-14-15-16-17-18-21-55(69)75-45-76-58(70)63(44-74-57-48(43-66)20-19-41-67-57)33-24-47(25-34-63)51-29-31-60(6)53(59(51,4)5)30-32-62(8)54(60)23-22-52-56-50(46(2)3)28-37-65(56,39-38-61(52,62)7)68-42-40-64(71)35-26-49(27-36-64)77(9,72)73/h19-20,24,29,41,49-50,52-54,56,68,71H,2,10-18,21-23,25-28,30-40,42,44-45H2,1,3-9H3/t49-,50-,52+,53-,54+,56+,60-,61+,62+,63+,64+,65-/m0/s1. The minimum Gasteiger partial charge on any atom is -0.475 e. The SMILES string of the molecule is C=C(C)[C@@H]1CC[C@]2(NCC[C@]3(O)CC[C@@H](S(C)(=O)=O)CC3)CC[C@]3(C)[C@H](CC[C@@H]4[C@@]5(C)CC=C(C6=CC[C@@](COc7ncccc7C#N)(C(=O)OCOC(=O)CCCCCCCCCCC)CC6)C(C)(C)[C@@H]5CC[C@]43C)[C@@H]12. The Kier molecular flexibility index (Phi) is 18.5. The van der Waals surface area contributed by atoms with Crippen LogP contribution < -0.4 is 10.1 Å². The second-order valence-corrected chi connectivity index (χ2v) is 29.8. The van der Waals surface area contributed by atoms with Gasteiger partial charge in [-0.1, -0.05) is 117 Å². The van der Waals surface area contributed by atoms with Crippen LogP contribution in [0.1, 0.15) is 227 Å². The summed E-state index contributed by atoms with van der Waals surface area (Å²) >= 11 is 0. The summed E-state index contributed by atoms with van der Waals surface area (Å²) < 4.78 is 42.1. The fourth-order valence-corrected chi connectivity index (χ4v) is 19.3. The third-order valence-corrected chi connectivity index (χ3v) is 24.5. The van der Waals surface area contributed by atoms with Gasteiger partial charge in [-0.05, 0) is 204 Å². The summed E-state index contributed by atoms with van der Waals surface area (Å²) in [6.07, 6.45) is 33.4. The second kappa shape index (κ2) is 23.9. The van der Waals surface area contributed by atoms with Crippen molar-refractivity contribution in [2.75, 3.05) is 26.2 Å². The minimum absolute atomic E-state index is 0.0132. The molecule has 0 amide bonds. The van der Waals surface area contributed by atoms with Crippen LogP contribution in [-0.4, -0.2) is 73.0 Å². The van der Waals surface area contributed by atoms with E-state index in [4.69, 9.17) is 14.2 Å². The number of ether oxygens (including phenoxy) is 3. The molecule has 0 aromatic carbocycles. The third-order valence-electron chi connectivity index (χ3n) is 22.8. The molecule has 0 unspecified atom stereocenters. The van der Waals surface area contributed by atoms with Crippen molar-refractivity contribution in [3.05, 3.63) is 59.3 Å². The highest BCUT2D eigenvalue weighted by molar-refractivity contribution is 7.91. The van der Waals surface area contributed by atoms with Crippen LogP contribution >= 0.6 is 0 Å². The number of aromatic nitrogens is 1. The van der Waals surface area contributed by atoms with Gasteiger partial charge in [0.2, 0.25) is 12.7 Å². The molecule has 10 atom stereocenters. The molecule has 1 aromatic rings. The molecular formula is C65H99N3O8S. The molecule has 77 heavy (non-hydrogen) atoms. The van der Waals surface area contributed by atoms with Gasteiger partial charge in [0.25, 0.3) is 0 Å². The predicted molar refractivity (Wildman–Crippen MR) is 305 cm³/mol. The maximum absolute atomic E-state index is 14.3. The maximum Gasteiger partial charge on any atom is 0.318 e. The number of aliphatic hydroxyl groups is 1. The number of carbonyl (C=O) groups excluding carboxylic acids is 2. The number of rotatable bonds is 23. The number of carbonyl (C=O) groups is 2. The van der Waals surface area contributed by atoms with Gasteiger partial charge in [0, 0.05) is 24.4 Å². The Balaban J connectivity index is 0.942. The zero-order valence-electron chi connectivity index (χ0n) is 48.9. The van der Waals surface area contributed by atoms with E-state index in [1.54, 1.807) is 18.3 Å². The van der Waals surface area contributed by atoms with Gasteiger partial charge in [-0.25, -0.2) is 13.4 Å². The number of sulfone groups is 1. The van der Waals surface area contributed by atoms with Gasteiger partial charge in [0.05, 0.1) is 10.9 Å². The highest BCUT2D eigenvalue weighted by atomic mass is 32.2. The average Bonchev–Trinajstić information content (AvgIpc) is 3.86.